The molecule has 4 heteroatoms. The third-order valence-corrected chi connectivity index (χ3v) is 5.78. The minimum absolute atomic E-state index is 0.00176. The zero-order valence-corrected chi connectivity index (χ0v) is 15.2. The fraction of sp³-hybridized carbons (Fsp3) is 0.619. The predicted octanol–water partition coefficient (Wildman–Crippen LogP) is 3.59. The molecule has 4 nitrogen and oxygen atoms in total. The van der Waals surface area contributed by atoms with Crippen LogP contribution in [0.5, 0.6) is 0 Å². The summed E-state index contributed by atoms with van der Waals surface area (Å²) in [5, 5.41) is 5.91. The maximum Gasteiger partial charge on any atom is 0.239 e. The lowest BCUT2D eigenvalue weighted by Crippen LogP contribution is -2.39. The summed E-state index contributed by atoms with van der Waals surface area (Å²) in [6.07, 6.45) is 7.76. The van der Waals surface area contributed by atoms with Crippen molar-refractivity contribution in [3.8, 4) is 0 Å². The van der Waals surface area contributed by atoms with E-state index in [2.05, 4.69) is 29.7 Å². The molecule has 1 aromatic rings. The number of amides is 2. The van der Waals surface area contributed by atoms with E-state index < -0.39 is 0 Å². The summed E-state index contributed by atoms with van der Waals surface area (Å²) in [5.41, 5.74) is 1.15. The zero-order valence-electron chi connectivity index (χ0n) is 15.2. The zero-order chi connectivity index (χ0) is 17.6. The van der Waals surface area contributed by atoms with Gasteiger partial charge >= 0.3 is 0 Å². The number of nitrogens with one attached hydrogen (secondary N) is 2. The van der Waals surface area contributed by atoms with Gasteiger partial charge in [0.05, 0.1) is 12.6 Å². The van der Waals surface area contributed by atoms with Crippen LogP contribution in [0.2, 0.25) is 0 Å². The molecule has 2 fully saturated rings. The first kappa shape index (κ1) is 18.0. The number of rotatable bonds is 8. The van der Waals surface area contributed by atoms with Gasteiger partial charge in [-0.05, 0) is 36.2 Å². The summed E-state index contributed by atoms with van der Waals surface area (Å²) in [5.74, 6) is 1.76. The van der Waals surface area contributed by atoms with Crippen LogP contribution in [0, 0.1) is 17.8 Å². The van der Waals surface area contributed by atoms with Gasteiger partial charge in [-0.15, -0.1) is 0 Å². The van der Waals surface area contributed by atoms with Gasteiger partial charge in [0, 0.05) is 6.42 Å². The van der Waals surface area contributed by atoms with Crippen molar-refractivity contribution in [2.24, 2.45) is 17.8 Å². The Morgan fingerprint density at radius 1 is 1.12 bits per heavy atom. The number of hydrogen-bond acceptors (Lipinski definition) is 2. The lowest BCUT2D eigenvalue weighted by molar-refractivity contribution is -0.126. The lowest BCUT2D eigenvalue weighted by Gasteiger charge is -2.19. The Morgan fingerprint density at radius 2 is 1.80 bits per heavy atom. The fourth-order valence-electron chi connectivity index (χ4n) is 4.04. The van der Waals surface area contributed by atoms with Crippen molar-refractivity contribution in [3.63, 3.8) is 0 Å². The molecule has 1 aromatic carbocycles. The Morgan fingerprint density at radius 3 is 2.44 bits per heavy atom. The van der Waals surface area contributed by atoms with E-state index in [9.17, 15) is 9.59 Å². The molecule has 0 spiro atoms. The van der Waals surface area contributed by atoms with Crippen molar-refractivity contribution in [3.05, 3.63) is 35.9 Å². The molecule has 3 unspecified atom stereocenters. The molecular weight excluding hydrogens is 312 g/mol. The van der Waals surface area contributed by atoms with Crippen LogP contribution in [0.25, 0.3) is 0 Å². The number of hydrogen-bond donors (Lipinski definition) is 2. The van der Waals surface area contributed by atoms with Crippen LogP contribution in [0.1, 0.15) is 63.5 Å². The van der Waals surface area contributed by atoms with Gasteiger partial charge in [0.2, 0.25) is 11.8 Å². The van der Waals surface area contributed by atoms with E-state index in [1.54, 1.807) is 0 Å². The van der Waals surface area contributed by atoms with Crippen LogP contribution >= 0.6 is 0 Å². The molecule has 2 aliphatic rings. The first-order valence-electron chi connectivity index (χ1n) is 9.74. The van der Waals surface area contributed by atoms with Gasteiger partial charge in [-0.25, -0.2) is 0 Å². The van der Waals surface area contributed by atoms with Crippen molar-refractivity contribution in [2.45, 2.75) is 57.9 Å². The highest BCUT2D eigenvalue weighted by Gasteiger charge is 2.40. The summed E-state index contributed by atoms with van der Waals surface area (Å²) in [6.45, 7) is 2.30. The van der Waals surface area contributed by atoms with Gasteiger partial charge in [-0.1, -0.05) is 62.9 Å². The van der Waals surface area contributed by atoms with Gasteiger partial charge in [0.15, 0.2) is 0 Å². The van der Waals surface area contributed by atoms with Gasteiger partial charge < -0.3 is 10.6 Å². The smallest absolute Gasteiger partial charge is 0.239 e. The minimum Gasteiger partial charge on any atom is -0.347 e. The van der Waals surface area contributed by atoms with Crippen molar-refractivity contribution in [2.75, 3.05) is 6.54 Å². The molecule has 0 radical (unpaired) electrons. The Balaban J connectivity index is 1.43. The predicted molar refractivity (Wildman–Crippen MR) is 98.8 cm³/mol. The van der Waals surface area contributed by atoms with Gasteiger partial charge in [0.25, 0.3) is 0 Å². The first-order valence-corrected chi connectivity index (χ1v) is 9.74. The summed E-state index contributed by atoms with van der Waals surface area (Å²) < 4.78 is 0. The molecule has 3 atom stereocenters. The topological polar surface area (TPSA) is 58.2 Å². The highest BCUT2D eigenvalue weighted by atomic mass is 16.2. The molecule has 2 amide bonds. The number of benzene rings is 1. The molecule has 136 valence electrons. The van der Waals surface area contributed by atoms with Crippen LogP contribution in [0.4, 0.5) is 0 Å². The highest BCUT2D eigenvalue weighted by molar-refractivity contribution is 5.84. The van der Waals surface area contributed by atoms with Crippen molar-refractivity contribution in [1.29, 1.82) is 0 Å². The Kier molecular flexibility index (Phi) is 6.11. The minimum atomic E-state index is -0.0952. The van der Waals surface area contributed by atoms with Gasteiger partial charge in [-0.3, -0.25) is 9.59 Å². The molecule has 25 heavy (non-hydrogen) atoms. The second-order valence-electron chi connectivity index (χ2n) is 7.80. The van der Waals surface area contributed by atoms with Crippen molar-refractivity contribution >= 4 is 11.8 Å². The van der Waals surface area contributed by atoms with E-state index in [1.165, 1.54) is 25.7 Å². The third-order valence-electron chi connectivity index (χ3n) is 5.78. The second-order valence-corrected chi connectivity index (χ2v) is 7.80. The van der Waals surface area contributed by atoms with Crippen LogP contribution < -0.4 is 10.6 Å². The van der Waals surface area contributed by atoms with Gasteiger partial charge in [-0.2, -0.15) is 0 Å². The number of carbonyl (C=O) groups excluding carboxylic acids is 2. The van der Waals surface area contributed by atoms with E-state index in [4.69, 9.17) is 0 Å². The van der Waals surface area contributed by atoms with Crippen LogP contribution in [-0.4, -0.2) is 18.4 Å². The van der Waals surface area contributed by atoms with E-state index in [0.717, 1.165) is 18.4 Å². The largest absolute Gasteiger partial charge is 0.347 e. The summed E-state index contributed by atoms with van der Waals surface area (Å²) in [6, 6.07) is 10.2. The standard InChI is InChI=1S/C21H30N2O2/c1-15-13-18(15)21(17-9-3-2-4-10-17)23-20(25)14-22-19(24)12-11-16-7-5-6-8-16/h2-4,9-10,15-16,18,21H,5-8,11-14H2,1H3,(H,22,24)(H,23,25). The van der Waals surface area contributed by atoms with E-state index >= 15 is 0 Å². The van der Waals surface area contributed by atoms with E-state index in [0.29, 0.717) is 24.2 Å². The maximum atomic E-state index is 12.3. The Bertz CT molecular complexity index is 581. The molecule has 0 bridgehead atoms. The molecule has 2 N–H and O–H groups in total. The molecular formula is C21H30N2O2. The summed E-state index contributed by atoms with van der Waals surface area (Å²) in [7, 11) is 0. The lowest BCUT2D eigenvalue weighted by atomic mass is 10.0. The van der Waals surface area contributed by atoms with Crippen molar-refractivity contribution in [1.82, 2.24) is 10.6 Å². The molecule has 2 aliphatic carbocycles. The molecule has 0 saturated heterocycles. The van der Waals surface area contributed by atoms with Crippen LogP contribution in [-0.2, 0) is 9.59 Å². The van der Waals surface area contributed by atoms with Gasteiger partial charge in [0.1, 0.15) is 0 Å². The molecule has 0 aliphatic heterocycles. The fourth-order valence-corrected chi connectivity index (χ4v) is 4.04. The van der Waals surface area contributed by atoms with E-state index in [-0.39, 0.29) is 24.4 Å². The maximum absolute atomic E-state index is 12.3. The van der Waals surface area contributed by atoms with Crippen LogP contribution in [0.3, 0.4) is 0 Å². The highest BCUT2D eigenvalue weighted by Crippen LogP contribution is 2.46. The molecule has 3 rings (SSSR count). The van der Waals surface area contributed by atoms with Crippen molar-refractivity contribution < 1.29 is 9.59 Å². The monoisotopic (exact) mass is 342 g/mol. The average molecular weight is 342 g/mol. The van der Waals surface area contributed by atoms with Crippen LogP contribution in [0.15, 0.2) is 30.3 Å². The molecule has 0 aromatic heterocycles. The average Bonchev–Trinajstić information content (AvgIpc) is 3.11. The molecule has 0 heterocycles. The summed E-state index contributed by atoms with van der Waals surface area (Å²) >= 11 is 0. The third kappa shape index (κ3) is 5.32. The quantitative estimate of drug-likeness (QED) is 0.758. The van der Waals surface area contributed by atoms with E-state index in [1.807, 2.05) is 18.2 Å². The SMILES string of the molecule is CC1CC1C(NC(=O)CNC(=O)CCC1CCCC1)c1ccccc1. The number of carbonyl (C=O) groups is 2. The summed E-state index contributed by atoms with van der Waals surface area (Å²) in [4.78, 5) is 24.3. The molecule has 2 saturated carbocycles. The Labute approximate surface area is 150 Å². The second kappa shape index (κ2) is 8.50. The first-order chi connectivity index (χ1) is 12.1. The normalized spacial score (nSPS) is 23.9. The Hall–Kier alpha value is -1.84.